The Morgan fingerprint density at radius 2 is 1.86 bits per heavy atom. The second kappa shape index (κ2) is 7.43. The number of aliphatic hydroxyl groups is 1. The first-order chi connectivity index (χ1) is 10.1. The standard InChI is InChI=1S/C17H21ClN2O/c1-3-4-16-9-14(12-21)10-17(19-16)20(2)11-13-5-7-15(18)8-6-13/h5-10,21H,3-4,11-12H2,1-2H3. The molecule has 0 aliphatic carbocycles. The summed E-state index contributed by atoms with van der Waals surface area (Å²) in [6.07, 6.45) is 1.97. The Kier molecular flexibility index (Phi) is 5.59. The zero-order valence-electron chi connectivity index (χ0n) is 12.5. The lowest BCUT2D eigenvalue weighted by molar-refractivity contribution is 0.281. The van der Waals surface area contributed by atoms with Crippen molar-refractivity contribution in [3.8, 4) is 0 Å². The highest BCUT2D eigenvalue weighted by Crippen LogP contribution is 2.18. The molecule has 0 unspecified atom stereocenters. The highest BCUT2D eigenvalue weighted by atomic mass is 35.5. The minimum atomic E-state index is 0.0427. The molecule has 112 valence electrons. The van der Waals surface area contributed by atoms with E-state index in [1.807, 2.05) is 43.4 Å². The fourth-order valence-electron chi connectivity index (χ4n) is 2.25. The molecule has 0 spiro atoms. The summed E-state index contributed by atoms with van der Waals surface area (Å²) in [4.78, 5) is 6.76. The van der Waals surface area contributed by atoms with Gasteiger partial charge in [0.25, 0.3) is 0 Å². The summed E-state index contributed by atoms with van der Waals surface area (Å²) in [5, 5.41) is 10.1. The van der Waals surface area contributed by atoms with Crippen LogP contribution >= 0.6 is 11.6 Å². The first kappa shape index (κ1) is 15.8. The average Bonchev–Trinajstić information content (AvgIpc) is 2.49. The van der Waals surface area contributed by atoms with E-state index in [1.54, 1.807) is 0 Å². The van der Waals surface area contributed by atoms with Gasteiger partial charge in [-0.25, -0.2) is 4.98 Å². The van der Waals surface area contributed by atoms with Crippen molar-refractivity contribution < 1.29 is 5.11 Å². The lowest BCUT2D eigenvalue weighted by Gasteiger charge is -2.20. The van der Waals surface area contributed by atoms with Crippen LogP contribution < -0.4 is 4.90 Å². The number of pyridine rings is 1. The smallest absolute Gasteiger partial charge is 0.129 e. The number of hydrogen-bond acceptors (Lipinski definition) is 3. The molecule has 2 rings (SSSR count). The normalized spacial score (nSPS) is 10.7. The summed E-state index contributed by atoms with van der Waals surface area (Å²) in [5.74, 6) is 0.889. The topological polar surface area (TPSA) is 36.4 Å². The Morgan fingerprint density at radius 3 is 2.48 bits per heavy atom. The lowest BCUT2D eigenvalue weighted by atomic mass is 10.1. The Hall–Kier alpha value is -1.58. The van der Waals surface area contributed by atoms with Crippen LogP contribution in [0.15, 0.2) is 36.4 Å². The number of benzene rings is 1. The first-order valence-corrected chi connectivity index (χ1v) is 7.56. The van der Waals surface area contributed by atoms with Gasteiger partial charge < -0.3 is 10.0 Å². The Bertz CT molecular complexity index is 584. The molecule has 1 heterocycles. The molecule has 0 aliphatic heterocycles. The molecule has 3 nitrogen and oxygen atoms in total. The van der Waals surface area contributed by atoms with E-state index in [0.29, 0.717) is 0 Å². The van der Waals surface area contributed by atoms with E-state index in [-0.39, 0.29) is 6.61 Å². The molecule has 0 saturated carbocycles. The van der Waals surface area contributed by atoms with Crippen LogP contribution in [0.1, 0.15) is 30.2 Å². The van der Waals surface area contributed by atoms with Gasteiger partial charge in [-0.1, -0.05) is 37.1 Å². The van der Waals surface area contributed by atoms with Gasteiger partial charge in [0.15, 0.2) is 0 Å². The van der Waals surface area contributed by atoms with E-state index >= 15 is 0 Å². The summed E-state index contributed by atoms with van der Waals surface area (Å²) in [5.41, 5.74) is 3.11. The van der Waals surface area contributed by atoms with E-state index in [0.717, 1.165) is 41.5 Å². The number of aryl methyl sites for hydroxylation is 1. The highest BCUT2D eigenvalue weighted by Gasteiger charge is 2.07. The number of hydrogen-bond donors (Lipinski definition) is 1. The zero-order chi connectivity index (χ0) is 15.2. The minimum absolute atomic E-state index is 0.0427. The molecular formula is C17H21ClN2O. The summed E-state index contributed by atoms with van der Waals surface area (Å²) in [6.45, 7) is 2.93. The van der Waals surface area contributed by atoms with Gasteiger partial charge in [-0.05, 0) is 41.8 Å². The van der Waals surface area contributed by atoms with Gasteiger partial charge >= 0.3 is 0 Å². The fourth-order valence-corrected chi connectivity index (χ4v) is 2.37. The molecule has 0 fully saturated rings. The molecule has 0 aliphatic rings. The van der Waals surface area contributed by atoms with Crippen molar-refractivity contribution in [2.75, 3.05) is 11.9 Å². The van der Waals surface area contributed by atoms with Crippen molar-refractivity contribution >= 4 is 17.4 Å². The van der Waals surface area contributed by atoms with E-state index in [1.165, 1.54) is 5.56 Å². The Morgan fingerprint density at radius 1 is 1.14 bits per heavy atom. The Balaban J connectivity index is 2.19. The number of halogens is 1. The number of aliphatic hydroxyl groups excluding tert-OH is 1. The van der Waals surface area contributed by atoms with Crippen LogP contribution in [0.4, 0.5) is 5.82 Å². The second-order valence-corrected chi connectivity index (χ2v) is 5.65. The van der Waals surface area contributed by atoms with Crippen LogP contribution in [-0.2, 0) is 19.6 Å². The largest absolute Gasteiger partial charge is 0.392 e. The zero-order valence-corrected chi connectivity index (χ0v) is 13.3. The molecule has 0 amide bonds. The van der Waals surface area contributed by atoms with Crippen LogP contribution in [0, 0.1) is 0 Å². The molecule has 0 bridgehead atoms. The Labute approximate surface area is 131 Å². The van der Waals surface area contributed by atoms with Gasteiger partial charge in [0, 0.05) is 24.3 Å². The fraction of sp³-hybridized carbons (Fsp3) is 0.353. The maximum Gasteiger partial charge on any atom is 0.129 e. The molecule has 21 heavy (non-hydrogen) atoms. The number of anilines is 1. The molecule has 4 heteroatoms. The summed E-state index contributed by atoms with van der Waals surface area (Å²) in [6, 6.07) is 11.7. The van der Waals surface area contributed by atoms with E-state index in [4.69, 9.17) is 11.6 Å². The monoisotopic (exact) mass is 304 g/mol. The summed E-state index contributed by atoms with van der Waals surface area (Å²) >= 11 is 5.91. The summed E-state index contributed by atoms with van der Waals surface area (Å²) < 4.78 is 0. The van der Waals surface area contributed by atoms with Gasteiger partial charge in [-0.3, -0.25) is 0 Å². The molecule has 1 aromatic carbocycles. The highest BCUT2D eigenvalue weighted by molar-refractivity contribution is 6.30. The third kappa shape index (κ3) is 4.45. The minimum Gasteiger partial charge on any atom is -0.392 e. The lowest BCUT2D eigenvalue weighted by Crippen LogP contribution is -2.18. The van der Waals surface area contributed by atoms with Crippen molar-refractivity contribution in [2.45, 2.75) is 32.9 Å². The van der Waals surface area contributed by atoms with Crippen LogP contribution in [0.2, 0.25) is 5.02 Å². The molecular weight excluding hydrogens is 284 g/mol. The first-order valence-electron chi connectivity index (χ1n) is 7.18. The third-order valence-electron chi connectivity index (χ3n) is 3.34. The van der Waals surface area contributed by atoms with Crippen molar-refractivity contribution in [3.05, 3.63) is 58.2 Å². The molecule has 0 atom stereocenters. The van der Waals surface area contributed by atoms with Crippen molar-refractivity contribution in [2.24, 2.45) is 0 Å². The predicted octanol–water partition coefficient (Wildman–Crippen LogP) is 3.82. The van der Waals surface area contributed by atoms with Crippen molar-refractivity contribution in [3.63, 3.8) is 0 Å². The maximum atomic E-state index is 9.40. The number of aromatic nitrogens is 1. The van der Waals surface area contributed by atoms with Crippen molar-refractivity contribution in [1.82, 2.24) is 4.98 Å². The molecule has 0 radical (unpaired) electrons. The van der Waals surface area contributed by atoms with E-state index in [2.05, 4.69) is 16.8 Å². The van der Waals surface area contributed by atoms with E-state index < -0.39 is 0 Å². The molecule has 1 aromatic heterocycles. The third-order valence-corrected chi connectivity index (χ3v) is 3.59. The van der Waals surface area contributed by atoms with Gasteiger partial charge in [-0.2, -0.15) is 0 Å². The predicted molar refractivity (Wildman–Crippen MR) is 87.7 cm³/mol. The quantitative estimate of drug-likeness (QED) is 0.881. The molecule has 2 aromatic rings. The average molecular weight is 305 g/mol. The summed E-state index contributed by atoms with van der Waals surface area (Å²) in [7, 11) is 2.01. The SMILES string of the molecule is CCCc1cc(CO)cc(N(C)Cc2ccc(Cl)cc2)n1. The van der Waals surface area contributed by atoms with Crippen molar-refractivity contribution in [1.29, 1.82) is 0 Å². The van der Waals surface area contributed by atoms with Crippen LogP contribution in [-0.4, -0.2) is 17.1 Å². The van der Waals surface area contributed by atoms with Gasteiger partial charge in [0.2, 0.25) is 0 Å². The van der Waals surface area contributed by atoms with Crippen LogP contribution in [0.25, 0.3) is 0 Å². The molecule has 0 saturated heterocycles. The van der Waals surface area contributed by atoms with Crippen LogP contribution in [0.5, 0.6) is 0 Å². The van der Waals surface area contributed by atoms with E-state index in [9.17, 15) is 5.11 Å². The maximum absolute atomic E-state index is 9.40. The van der Waals surface area contributed by atoms with Gasteiger partial charge in [0.1, 0.15) is 5.82 Å². The van der Waals surface area contributed by atoms with Gasteiger partial charge in [-0.15, -0.1) is 0 Å². The van der Waals surface area contributed by atoms with Gasteiger partial charge in [0.05, 0.1) is 6.61 Å². The second-order valence-electron chi connectivity index (χ2n) is 5.22. The molecule has 1 N–H and O–H groups in total. The number of nitrogens with zero attached hydrogens (tertiary/aromatic N) is 2. The van der Waals surface area contributed by atoms with Crippen LogP contribution in [0.3, 0.4) is 0 Å². The number of rotatable bonds is 6.